The van der Waals surface area contributed by atoms with Crippen LogP contribution in [0.1, 0.15) is 28.4 Å². The number of hydrogen-bond acceptors (Lipinski definition) is 4. The van der Waals surface area contributed by atoms with Gasteiger partial charge in [0.2, 0.25) is 5.91 Å². The minimum atomic E-state index is -0.702. The Hall–Kier alpha value is -3.64. The zero-order valence-corrected chi connectivity index (χ0v) is 20.5. The SMILES string of the molecule is CCN1CCN(c2ccc(NC(=O)C(Cc3ccccc3)NC(=O)c3ccccc3)cc2C)CC1. The summed E-state index contributed by atoms with van der Waals surface area (Å²) in [5, 5.41) is 5.95. The lowest BCUT2D eigenvalue weighted by molar-refractivity contribution is -0.118. The van der Waals surface area contributed by atoms with Crippen molar-refractivity contribution < 1.29 is 9.59 Å². The fourth-order valence-corrected chi connectivity index (χ4v) is 4.51. The molecule has 1 unspecified atom stereocenters. The van der Waals surface area contributed by atoms with Crippen molar-refractivity contribution in [1.29, 1.82) is 0 Å². The first-order valence-electron chi connectivity index (χ1n) is 12.3. The fourth-order valence-electron chi connectivity index (χ4n) is 4.51. The van der Waals surface area contributed by atoms with Crippen LogP contribution in [0.3, 0.4) is 0 Å². The number of likely N-dealkylation sites (N-methyl/N-ethyl adjacent to an activating group) is 1. The lowest BCUT2D eigenvalue weighted by atomic mass is 10.0. The molecule has 1 atom stereocenters. The van der Waals surface area contributed by atoms with Gasteiger partial charge in [-0.05, 0) is 54.9 Å². The van der Waals surface area contributed by atoms with E-state index in [4.69, 9.17) is 0 Å². The molecule has 0 spiro atoms. The molecule has 1 heterocycles. The Labute approximate surface area is 207 Å². The van der Waals surface area contributed by atoms with Crippen molar-refractivity contribution in [2.24, 2.45) is 0 Å². The van der Waals surface area contributed by atoms with Gasteiger partial charge in [0, 0.05) is 49.5 Å². The van der Waals surface area contributed by atoms with E-state index in [2.05, 4.69) is 40.3 Å². The maximum absolute atomic E-state index is 13.3. The molecule has 182 valence electrons. The van der Waals surface area contributed by atoms with Crippen molar-refractivity contribution in [2.45, 2.75) is 26.3 Å². The third-order valence-electron chi connectivity index (χ3n) is 6.56. The first-order chi connectivity index (χ1) is 17.0. The van der Waals surface area contributed by atoms with Crippen molar-refractivity contribution in [3.63, 3.8) is 0 Å². The van der Waals surface area contributed by atoms with Gasteiger partial charge < -0.3 is 20.4 Å². The molecule has 6 nitrogen and oxygen atoms in total. The average molecular weight is 471 g/mol. The van der Waals surface area contributed by atoms with E-state index >= 15 is 0 Å². The summed E-state index contributed by atoms with van der Waals surface area (Å²) in [6.45, 7) is 9.51. The molecule has 3 aromatic rings. The number of benzene rings is 3. The van der Waals surface area contributed by atoms with E-state index in [0.29, 0.717) is 12.0 Å². The van der Waals surface area contributed by atoms with Gasteiger partial charge in [-0.25, -0.2) is 0 Å². The Morgan fingerprint density at radius 2 is 1.54 bits per heavy atom. The number of anilines is 2. The highest BCUT2D eigenvalue weighted by Crippen LogP contribution is 2.25. The van der Waals surface area contributed by atoms with Gasteiger partial charge >= 0.3 is 0 Å². The highest BCUT2D eigenvalue weighted by Gasteiger charge is 2.23. The van der Waals surface area contributed by atoms with Crippen LogP contribution in [0.25, 0.3) is 0 Å². The number of piperazine rings is 1. The third kappa shape index (κ3) is 6.49. The Morgan fingerprint density at radius 1 is 0.886 bits per heavy atom. The largest absolute Gasteiger partial charge is 0.369 e. The number of amides is 2. The Morgan fingerprint density at radius 3 is 2.17 bits per heavy atom. The normalized spacial score (nSPS) is 14.9. The van der Waals surface area contributed by atoms with Gasteiger partial charge in [-0.3, -0.25) is 9.59 Å². The average Bonchev–Trinajstić information content (AvgIpc) is 2.89. The molecule has 0 bridgehead atoms. The maximum atomic E-state index is 13.3. The number of nitrogens with one attached hydrogen (secondary N) is 2. The van der Waals surface area contributed by atoms with Crippen LogP contribution < -0.4 is 15.5 Å². The molecule has 1 saturated heterocycles. The summed E-state index contributed by atoms with van der Waals surface area (Å²) in [7, 11) is 0. The number of rotatable bonds is 8. The Bertz CT molecular complexity index is 1130. The van der Waals surface area contributed by atoms with Gasteiger partial charge in [0.25, 0.3) is 5.91 Å². The van der Waals surface area contributed by atoms with Crippen molar-refractivity contribution in [3.8, 4) is 0 Å². The lowest BCUT2D eigenvalue weighted by Crippen LogP contribution is -2.46. The van der Waals surface area contributed by atoms with E-state index in [9.17, 15) is 9.59 Å². The molecule has 1 fully saturated rings. The molecular weight excluding hydrogens is 436 g/mol. The van der Waals surface area contributed by atoms with Crippen molar-refractivity contribution in [1.82, 2.24) is 10.2 Å². The van der Waals surface area contributed by atoms with Crippen LogP contribution in [-0.2, 0) is 11.2 Å². The summed E-state index contributed by atoms with van der Waals surface area (Å²) in [6, 6.07) is 24.1. The summed E-state index contributed by atoms with van der Waals surface area (Å²) < 4.78 is 0. The molecule has 0 radical (unpaired) electrons. The van der Waals surface area contributed by atoms with E-state index < -0.39 is 6.04 Å². The molecule has 0 saturated carbocycles. The topological polar surface area (TPSA) is 64.7 Å². The van der Waals surface area contributed by atoms with Crippen LogP contribution in [0.2, 0.25) is 0 Å². The van der Waals surface area contributed by atoms with E-state index in [1.165, 1.54) is 5.69 Å². The molecule has 6 heteroatoms. The monoisotopic (exact) mass is 470 g/mol. The zero-order chi connectivity index (χ0) is 24.6. The molecule has 1 aliphatic heterocycles. The zero-order valence-electron chi connectivity index (χ0n) is 20.5. The van der Waals surface area contributed by atoms with E-state index in [1.807, 2.05) is 60.7 Å². The molecule has 1 aliphatic rings. The first-order valence-corrected chi connectivity index (χ1v) is 12.3. The predicted octanol–water partition coefficient (Wildman–Crippen LogP) is 4.12. The van der Waals surface area contributed by atoms with Gasteiger partial charge in [0.1, 0.15) is 6.04 Å². The Balaban J connectivity index is 1.46. The van der Waals surface area contributed by atoms with Crippen LogP contribution in [0.15, 0.2) is 78.9 Å². The van der Waals surface area contributed by atoms with E-state index in [0.717, 1.165) is 49.5 Å². The van der Waals surface area contributed by atoms with Gasteiger partial charge in [-0.15, -0.1) is 0 Å². The summed E-state index contributed by atoms with van der Waals surface area (Å²) in [5.74, 6) is -0.499. The minimum Gasteiger partial charge on any atom is -0.369 e. The van der Waals surface area contributed by atoms with Crippen LogP contribution in [-0.4, -0.2) is 55.5 Å². The molecular formula is C29H34N4O2. The number of carbonyl (C=O) groups is 2. The standard InChI is InChI=1S/C29H34N4O2/c1-3-32-16-18-33(19-17-32)27-15-14-25(20-22(27)2)30-29(35)26(21-23-10-6-4-7-11-23)31-28(34)24-12-8-5-9-13-24/h4-15,20,26H,3,16-19,21H2,1-2H3,(H,30,35)(H,31,34). The number of nitrogens with zero attached hydrogens (tertiary/aromatic N) is 2. The smallest absolute Gasteiger partial charge is 0.251 e. The molecule has 2 amide bonds. The van der Waals surface area contributed by atoms with Gasteiger partial charge in [0.15, 0.2) is 0 Å². The summed E-state index contributed by atoms with van der Waals surface area (Å²) in [5.41, 5.74) is 4.58. The third-order valence-corrected chi connectivity index (χ3v) is 6.56. The molecule has 4 rings (SSSR count). The second kappa shape index (κ2) is 11.7. The minimum absolute atomic E-state index is 0.234. The summed E-state index contributed by atoms with van der Waals surface area (Å²) in [4.78, 5) is 31.0. The first kappa shape index (κ1) is 24.5. The van der Waals surface area contributed by atoms with Crippen molar-refractivity contribution >= 4 is 23.2 Å². The highest BCUT2D eigenvalue weighted by atomic mass is 16.2. The number of aryl methyl sites for hydroxylation is 1. The second-order valence-electron chi connectivity index (χ2n) is 8.99. The van der Waals surface area contributed by atoms with Gasteiger partial charge in [-0.2, -0.15) is 0 Å². The Kier molecular flexibility index (Phi) is 8.16. The van der Waals surface area contributed by atoms with Crippen molar-refractivity contribution in [2.75, 3.05) is 42.9 Å². The predicted molar refractivity (Wildman–Crippen MR) is 142 cm³/mol. The summed E-state index contributed by atoms with van der Waals surface area (Å²) >= 11 is 0. The number of hydrogen-bond donors (Lipinski definition) is 2. The fraction of sp³-hybridized carbons (Fsp3) is 0.310. The van der Waals surface area contributed by atoms with Gasteiger partial charge in [0.05, 0.1) is 0 Å². The number of carbonyl (C=O) groups excluding carboxylic acids is 2. The van der Waals surface area contributed by atoms with E-state index in [1.54, 1.807) is 12.1 Å². The van der Waals surface area contributed by atoms with Crippen molar-refractivity contribution in [3.05, 3.63) is 95.6 Å². The highest BCUT2D eigenvalue weighted by molar-refractivity contribution is 6.01. The van der Waals surface area contributed by atoms with Crippen LogP contribution in [0.4, 0.5) is 11.4 Å². The summed E-state index contributed by atoms with van der Waals surface area (Å²) in [6.07, 6.45) is 0.407. The van der Waals surface area contributed by atoms with Crippen LogP contribution in [0.5, 0.6) is 0 Å². The second-order valence-corrected chi connectivity index (χ2v) is 8.99. The quantitative estimate of drug-likeness (QED) is 0.520. The van der Waals surface area contributed by atoms with Gasteiger partial charge in [-0.1, -0.05) is 55.5 Å². The molecule has 3 aromatic carbocycles. The lowest BCUT2D eigenvalue weighted by Gasteiger charge is -2.36. The van der Waals surface area contributed by atoms with Crippen LogP contribution in [0, 0.1) is 6.92 Å². The molecule has 35 heavy (non-hydrogen) atoms. The molecule has 0 aromatic heterocycles. The molecule has 0 aliphatic carbocycles. The van der Waals surface area contributed by atoms with E-state index in [-0.39, 0.29) is 11.8 Å². The van der Waals surface area contributed by atoms with Crippen LogP contribution >= 0.6 is 0 Å². The molecule has 2 N–H and O–H groups in total. The maximum Gasteiger partial charge on any atom is 0.251 e.